The third-order valence-corrected chi connectivity index (χ3v) is 3.63. The number of halogens is 6. The van der Waals surface area contributed by atoms with Gasteiger partial charge in [0.05, 0.1) is 6.61 Å². The lowest BCUT2D eigenvalue weighted by Crippen LogP contribution is -2.45. The lowest BCUT2D eigenvalue weighted by molar-refractivity contribution is -0.291. The van der Waals surface area contributed by atoms with Crippen LogP contribution < -0.4 is 15.2 Å². The maximum absolute atomic E-state index is 13.5. The molecule has 0 aliphatic heterocycles. The van der Waals surface area contributed by atoms with Crippen LogP contribution in [0, 0.1) is 0 Å². The van der Waals surface area contributed by atoms with E-state index in [0.29, 0.717) is 0 Å². The minimum atomic E-state index is -5.75. The Hall–Kier alpha value is -2.06. The minimum Gasteiger partial charge on any atom is -0.490 e. The van der Waals surface area contributed by atoms with Crippen LogP contribution in [-0.4, -0.2) is 18.7 Å². The smallest absolute Gasteiger partial charge is 0.455 e. The molecule has 2 N–H and O–H groups in total. The Kier molecular flexibility index (Phi) is 7.86. The van der Waals surface area contributed by atoms with Crippen LogP contribution in [0.25, 0.3) is 0 Å². The van der Waals surface area contributed by atoms with E-state index < -0.39 is 23.7 Å². The molecule has 0 fully saturated rings. The summed E-state index contributed by atoms with van der Waals surface area (Å²) in [7, 11) is 0. The zero-order valence-electron chi connectivity index (χ0n) is 14.3. The molecule has 0 saturated heterocycles. The van der Waals surface area contributed by atoms with Crippen molar-refractivity contribution in [3.63, 3.8) is 0 Å². The Morgan fingerprint density at radius 1 is 0.926 bits per heavy atom. The first-order valence-corrected chi connectivity index (χ1v) is 7.80. The average molecular weight is 412 g/mol. The third-order valence-electron chi connectivity index (χ3n) is 3.63. The molecule has 0 radical (unpaired) electrons. The minimum absolute atomic E-state index is 0. The Balaban J connectivity index is 0.00000364. The molecule has 2 aromatic rings. The van der Waals surface area contributed by atoms with E-state index in [1.54, 1.807) is 6.92 Å². The van der Waals surface area contributed by atoms with Crippen LogP contribution in [0.15, 0.2) is 48.5 Å². The maximum Gasteiger partial charge on any atom is 0.455 e. The van der Waals surface area contributed by atoms with Crippen molar-refractivity contribution in [2.24, 2.45) is 5.73 Å². The van der Waals surface area contributed by atoms with E-state index in [1.165, 1.54) is 6.07 Å². The lowest BCUT2D eigenvalue weighted by atomic mass is 10.0. The van der Waals surface area contributed by atoms with Crippen molar-refractivity contribution in [1.82, 2.24) is 0 Å². The molecule has 0 saturated carbocycles. The van der Waals surface area contributed by atoms with E-state index in [0.717, 1.165) is 17.7 Å². The lowest BCUT2D eigenvalue weighted by Gasteiger charge is -2.26. The first-order chi connectivity index (χ1) is 12.2. The van der Waals surface area contributed by atoms with E-state index in [1.807, 2.05) is 30.3 Å². The summed E-state index contributed by atoms with van der Waals surface area (Å²) < 4.78 is 75.4. The second-order valence-electron chi connectivity index (χ2n) is 5.51. The molecule has 0 unspecified atom stereocenters. The summed E-state index contributed by atoms with van der Waals surface area (Å²) in [6.45, 7) is 2.01. The van der Waals surface area contributed by atoms with Gasteiger partial charge in [-0.1, -0.05) is 36.4 Å². The Morgan fingerprint density at radius 2 is 1.56 bits per heavy atom. The van der Waals surface area contributed by atoms with E-state index in [-0.39, 0.29) is 37.1 Å². The number of hydrogen-bond donors (Lipinski definition) is 1. The summed E-state index contributed by atoms with van der Waals surface area (Å²) in [4.78, 5) is 0. The molecular formula is C18H19ClF5NO2. The third kappa shape index (κ3) is 5.46. The number of ether oxygens (including phenoxy) is 2. The summed E-state index contributed by atoms with van der Waals surface area (Å²) in [5.41, 5.74) is 5.63. The number of nitrogens with two attached hydrogens (primary N) is 1. The monoisotopic (exact) mass is 411 g/mol. The van der Waals surface area contributed by atoms with Crippen LogP contribution in [-0.2, 0) is 6.61 Å². The maximum atomic E-state index is 13.5. The second kappa shape index (κ2) is 9.23. The Labute approximate surface area is 159 Å². The predicted octanol–water partition coefficient (Wildman–Crippen LogP) is 5.28. The first kappa shape index (κ1) is 23.0. The summed E-state index contributed by atoms with van der Waals surface area (Å²) in [6, 6.07) is 9.99. The second-order valence-corrected chi connectivity index (χ2v) is 5.51. The zero-order valence-corrected chi connectivity index (χ0v) is 15.1. The number of alkyl halides is 5. The van der Waals surface area contributed by atoms with Crippen LogP contribution in [0.3, 0.4) is 0 Å². The molecule has 0 bridgehead atoms. The number of hydrogen-bond acceptors (Lipinski definition) is 3. The predicted molar refractivity (Wildman–Crippen MR) is 93.6 cm³/mol. The molecule has 3 nitrogen and oxygen atoms in total. The molecule has 0 amide bonds. The largest absolute Gasteiger partial charge is 0.490 e. The number of rotatable bonds is 7. The van der Waals surface area contributed by atoms with Gasteiger partial charge in [-0.3, -0.25) is 0 Å². The van der Waals surface area contributed by atoms with Crippen LogP contribution in [0.1, 0.15) is 24.1 Å². The fourth-order valence-corrected chi connectivity index (χ4v) is 2.23. The van der Waals surface area contributed by atoms with Crippen LogP contribution in [0.5, 0.6) is 11.5 Å². The van der Waals surface area contributed by atoms with E-state index in [9.17, 15) is 22.0 Å². The van der Waals surface area contributed by atoms with Crippen molar-refractivity contribution < 1.29 is 31.4 Å². The van der Waals surface area contributed by atoms with E-state index in [2.05, 4.69) is 0 Å². The highest BCUT2D eigenvalue weighted by Crippen LogP contribution is 2.44. The van der Waals surface area contributed by atoms with Gasteiger partial charge in [0.1, 0.15) is 12.6 Å². The quantitative estimate of drug-likeness (QED) is 0.630. The molecule has 0 spiro atoms. The number of benzene rings is 2. The fourth-order valence-electron chi connectivity index (χ4n) is 2.23. The molecule has 0 aromatic heterocycles. The van der Waals surface area contributed by atoms with Crippen molar-refractivity contribution in [1.29, 1.82) is 0 Å². The standard InChI is InChI=1S/C18H18F5NO2.ClH/c1-2-25-15-10-13(16(24)17(19,20)18(21,22)23)8-9-14(15)26-11-12-6-4-3-5-7-12;/h3-10,16H,2,11,24H2,1H3;1H/t16-;/m1./s1. The van der Waals surface area contributed by atoms with Crippen molar-refractivity contribution in [3.8, 4) is 11.5 Å². The Bertz CT molecular complexity index is 725. The molecule has 9 heteroatoms. The highest BCUT2D eigenvalue weighted by atomic mass is 35.5. The topological polar surface area (TPSA) is 44.5 Å². The van der Waals surface area contributed by atoms with Crippen molar-refractivity contribution >= 4 is 12.4 Å². The Morgan fingerprint density at radius 3 is 2.11 bits per heavy atom. The van der Waals surface area contributed by atoms with Gasteiger partial charge in [0.2, 0.25) is 0 Å². The summed E-state index contributed by atoms with van der Waals surface area (Å²) in [5, 5.41) is 0. The van der Waals surface area contributed by atoms with Crippen LogP contribution in [0.4, 0.5) is 22.0 Å². The van der Waals surface area contributed by atoms with Crippen molar-refractivity contribution in [2.45, 2.75) is 31.7 Å². The normalized spacial score (nSPS) is 12.9. The highest BCUT2D eigenvalue weighted by molar-refractivity contribution is 5.85. The summed E-state index contributed by atoms with van der Waals surface area (Å²) in [6.07, 6.45) is -5.75. The van der Waals surface area contributed by atoms with E-state index >= 15 is 0 Å². The van der Waals surface area contributed by atoms with Gasteiger partial charge < -0.3 is 15.2 Å². The average Bonchev–Trinajstić information content (AvgIpc) is 2.60. The van der Waals surface area contributed by atoms with Gasteiger partial charge >= 0.3 is 12.1 Å². The summed E-state index contributed by atoms with van der Waals surface area (Å²) in [5.74, 6) is -4.79. The van der Waals surface area contributed by atoms with Gasteiger partial charge in [0.25, 0.3) is 0 Å². The van der Waals surface area contributed by atoms with E-state index in [4.69, 9.17) is 15.2 Å². The molecule has 1 atom stereocenters. The molecule has 0 heterocycles. The van der Waals surface area contributed by atoms with Crippen LogP contribution in [0.2, 0.25) is 0 Å². The molecular weight excluding hydrogens is 393 g/mol. The molecule has 0 aliphatic carbocycles. The van der Waals surface area contributed by atoms with Crippen molar-refractivity contribution in [2.75, 3.05) is 6.61 Å². The first-order valence-electron chi connectivity index (χ1n) is 7.80. The van der Waals surface area contributed by atoms with Gasteiger partial charge in [-0.25, -0.2) is 0 Å². The molecule has 150 valence electrons. The SMILES string of the molecule is CCOc1cc([C@@H](N)C(F)(F)C(F)(F)F)ccc1OCc1ccccc1.Cl. The van der Waals surface area contributed by atoms with Gasteiger partial charge in [-0.2, -0.15) is 22.0 Å². The fraction of sp³-hybridized carbons (Fsp3) is 0.333. The van der Waals surface area contributed by atoms with Gasteiger partial charge in [0.15, 0.2) is 11.5 Å². The van der Waals surface area contributed by atoms with Crippen LogP contribution >= 0.6 is 12.4 Å². The molecule has 2 rings (SSSR count). The zero-order chi connectivity index (χ0) is 19.4. The summed E-state index contributed by atoms with van der Waals surface area (Å²) >= 11 is 0. The highest BCUT2D eigenvalue weighted by Gasteiger charge is 2.61. The van der Waals surface area contributed by atoms with Crippen molar-refractivity contribution in [3.05, 3.63) is 59.7 Å². The molecule has 2 aromatic carbocycles. The van der Waals surface area contributed by atoms with Gasteiger partial charge in [-0.05, 0) is 30.2 Å². The van der Waals surface area contributed by atoms with Gasteiger partial charge in [0, 0.05) is 0 Å². The molecule has 0 aliphatic rings. The molecule has 27 heavy (non-hydrogen) atoms. The van der Waals surface area contributed by atoms with Gasteiger partial charge in [-0.15, -0.1) is 12.4 Å².